The zero-order chi connectivity index (χ0) is 16.2. The summed E-state index contributed by atoms with van der Waals surface area (Å²) in [4.78, 5) is 21.0. The lowest BCUT2D eigenvalue weighted by molar-refractivity contribution is -0.388. The molecule has 0 saturated carbocycles. The smallest absolute Gasteiger partial charge is 0.381 e. The molecule has 0 spiro atoms. The summed E-state index contributed by atoms with van der Waals surface area (Å²) in [7, 11) is 1.39. The van der Waals surface area contributed by atoms with Gasteiger partial charge >= 0.3 is 6.18 Å². The molecule has 0 heterocycles. The third-order valence-electron chi connectivity index (χ3n) is 2.66. The van der Waals surface area contributed by atoms with Gasteiger partial charge in [-0.05, 0) is 19.1 Å². The Hall–Kier alpha value is -2.16. The van der Waals surface area contributed by atoms with Crippen LogP contribution in [0.2, 0.25) is 0 Å². The molecule has 0 saturated heterocycles. The third-order valence-corrected chi connectivity index (χ3v) is 2.66. The van der Waals surface area contributed by atoms with Gasteiger partial charge in [-0.25, -0.2) is 0 Å². The second-order valence-electron chi connectivity index (χ2n) is 4.29. The fourth-order valence-corrected chi connectivity index (χ4v) is 1.56. The number of nitro benzene ring substituents is 1. The number of amides is 1. The molecule has 0 fully saturated rings. The molecule has 1 rings (SSSR count). The Morgan fingerprint density at radius 2 is 2.10 bits per heavy atom. The molecule has 1 N–H and O–H groups in total. The zero-order valence-corrected chi connectivity index (χ0v) is 11.2. The quantitative estimate of drug-likeness (QED) is 0.669. The predicted molar refractivity (Wildman–Crippen MR) is 67.8 cm³/mol. The van der Waals surface area contributed by atoms with Crippen molar-refractivity contribution in [3.63, 3.8) is 0 Å². The van der Waals surface area contributed by atoms with E-state index in [4.69, 9.17) is 4.74 Å². The van der Waals surface area contributed by atoms with Crippen LogP contribution >= 0.6 is 0 Å². The molecular formula is C12H13F3N2O4. The molecule has 116 valence electrons. The Labute approximate surface area is 118 Å². The van der Waals surface area contributed by atoms with Gasteiger partial charge in [-0.1, -0.05) is 0 Å². The zero-order valence-electron chi connectivity index (χ0n) is 11.2. The lowest BCUT2D eigenvalue weighted by atomic mass is 10.1. The van der Waals surface area contributed by atoms with E-state index in [0.717, 1.165) is 6.07 Å². The van der Waals surface area contributed by atoms with Crippen molar-refractivity contribution in [2.75, 3.05) is 12.4 Å². The molecule has 0 radical (unpaired) electrons. The van der Waals surface area contributed by atoms with Gasteiger partial charge in [0.1, 0.15) is 5.56 Å². The highest BCUT2D eigenvalue weighted by Crippen LogP contribution is 2.37. The molecule has 0 aliphatic carbocycles. The molecule has 0 aromatic heterocycles. The van der Waals surface area contributed by atoms with Crippen molar-refractivity contribution >= 4 is 17.3 Å². The van der Waals surface area contributed by atoms with Gasteiger partial charge in [0, 0.05) is 18.9 Å². The number of hydrogen-bond acceptors (Lipinski definition) is 4. The number of ether oxygens (including phenoxy) is 1. The van der Waals surface area contributed by atoms with Gasteiger partial charge in [0.25, 0.3) is 5.69 Å². The van der Waals surface area contributed by atoms with E-state index in [1.54, 1.807) is 6.92 Å². The number of carbonyl (C=O) groups excluding carboxylic acids is 1. The van der Waals surface area contributed by atoms with Crippen molar-refractivity contribution in [2.24, 2.45) is 0 Å². The number of carbonyl (C=O) groups is 1. The minimum Gasteiger partial charge on any atom is -0.381 e. The first-order valence-electron chi connectivity index (χ1n) is 5.83. The summed E-state index contributed by atoms with van der Waals surface area (Å²) in [6.45, 7) is 1.62. The fraction of sp³-hybridized carbons (Fsp3) is 0.417. The first kappa shape index (κ1) is 16.9. The standard InChI is InChI=1S/C12H13F3N2O4/c1-7(21-2)5-11(18)16-8-3-4-10(17(19)20)9(6-8)12(13,14)15/h3-4,6-7H,5H2,1-2H3,(H,16,18)/t7-/m0/s1. The molecule has 1 aromatic carbocycles. The van der Waals surface area contributed by atoms with Crippen molar-refractivity contribution in [1.29, 1.82) is 0 Å². The molecule has 0 aliphatic heterocycles. The van der Waals surface area contributed by atoms with Crippen LogP contribution in [0.4, 0.5) is 24.5 Å². The number of anilines is 1. The number of hydrogen-bond donors (Lipinski definition) is 1. The maximum Gasteiger partial charge on any atom is 0.423 e. The van der Waals surface area contributed by atoms with Crippen LogP contribution in [-0.2, 0) is 15.7 Å². The van der Waals surface area contributed by atoms with E-state index in [2.05, 4.69) is 5.32 Å². The first-order valence-corrected chi connectivity index (χ1v) is 5.83. The number of alkyl halides is 3. The van der Waals surface area contributed by atoms with Crippen LogP contribution in [0.1, 0.15) is 18.9 Å². The molecule has 1 aromatic rings. The third kappa shape index (κ3) is 4.71. The van der Waals surface area contributed by atoms with Crippen LogP contribution in [-0.4, -0.2) is 24.0 Å². The van der Waals surface area contributed by atoms with Crippen molar-refractivity contribution in [2.45, 2.75) is 25.6 Å². The van der Waals surface area contributed by atoms with E-state index >= 15 is 0 Å². The average Bonchev–Trinajstić information content (AvgIpc) is 2.36. The number of methoxy groups -OCH3 is 1. The van der Waals surface area contributed by atoms with Crippen LogP contribution in [0, 0.1) is 10.1 Å². The Morgan fingerprint density at radius 3 is 2.57 bits per heavy atom. The highest BCUT2D eigenvalue weighted by Gasteiger charge is 2.38. The summed E-state index contributed by atoms with van der Waals surface area (Å²) in [6, 6.07) is 2.29. The average molecular weight is 306 g/mol. The van der Waals surface area contributed by atoms with E-state index in [9.17, 15) is 28.1 Å². The van der Waals surface area contributed by atoms with Crippen LogP contribution in [0.3, 0.4) is 0 Å². The van der Waals surface area contributed by atoms with Crippen molar-refractivity contribution in [3.8, 4) is 0 Å². The number of nitrogens with one attached hydrogen (secondary N) is 1. The largest absolute Gasteiger partial charge is 0.423 e. The molecule has 0 unspecified atom stereocenters. The van der Waals surface area contributed by atoms with Gasteiger partial charge in [0.05, 0.1) is 17.4 Å². The Kier molecular flexibility index (Phi) is 5.25. The lowest BCUT2D eigenvalue weighted by Gasteiger charge is -2.12. The normalized spacial score (nSPS) is 12.8. The Morgan fingerprint density at radius 1 is 1.48 bits per heavy atom. The van der Waals surface area contributed by atoms with Crippen molar-refractivity contribution < 1.29 is 27.6 Å². The molecule has 9 heteroatoms. The van der Waals surface area contributed by atoms with E-state index in [-0.39, 0.29) is 12.1 Å². The summed E-state index contributed by atoms with van der Waals surface area (Å²) < 4.78 is 43.1. The second-order valence-corrected chi connectivity index (χ2v) is 4.29. The summed E-state index contributed by atoms with van der Waals surface area (Å²) >= 11 is 0. The molecule has 0 bridgehead atoms. The molecule has 6 nitrogen and oxygen atoms in total. The van der Waals surface area contributed by atoms with Gasteiger partial charge in [0.15, 0.2) is 0 Å². The van der Waals surface area contributed by atoms with Crippen LogP contribution in [0.15, 0.2) is 18.2 Å². The summed E-state index contributed by atoms with van der Waals surface area (Å²) in [5, 5.41) is 12.8. The van der Waals surface area contributed by atoms with Gasteiger partial charge in [-0.3, -0.25) is 14.9 Å². The van der Waals surface area contributed by atoms with Crippen LogP contribution in [0.25, 0.3) is 0 Å². The van der Waals surface area contributed by atoms with Gasteiger partial charge in [-0.15, -0.1) is 0 Å². The highest BCUT2D eigenvalue weighted by atomic mass is 19.4. The first-order chi connectivity index (χ1) is 9.65. The maximum absolute atomic E-state index is 12.8. The molecule has 0 aliphatic rings. The van der Waals surface area contributed by atoms with Gasteiger partial charge in [-0.2, -0.15) is 13.2 Å². The molecule has 1 atom stereocenters. The maximum atomic E-state index is 12.8. The van der Waals surface area contributed by atoms with Crippen molar-refractivity contribution in [1.82, 2.24) is 0 Å². The van der Waals surface area contributed by atoms with E-state index in [1.807, 2.05) is 0 Å². The SMILES string of the molecule is CO[C@@H](C)CC(=O)Nc1ccc([N+](=O)[O-])c(C(F)(F)F)c1. The predicted octanol–water partition coefficient (Wildman–Crippen LogP) is 2.98. The van der Waals surface area contributed by atoms with E-state index < -0.39 is 34.4 Å². The summed E-state index contributed by atoms with van der Waals surface area (Å²) in [5.74, 6) is -0.550. The summed E-state index contributed by atoms with van der Waals surface area (Å²) in [5.41, 5.74) is -2.64. The topological polar surface area (TPSA) is 81.5 Å². The molecule has 1 amide bonds. The second kappa shape index (κ2) is 6.53. The van der Waals surface area contributed by atoms with E-state index in [0.29, 0.717) is 12.1 Å². The van der Waals surface area contributed by atoms with Crippen molar-refractivity contribution in [3.05, 3.63) is 33.9 Å². The molecule has 21 heavy (non-hydrogen) atoms. The van der Waals surface area contributed by atoms with Gasteiger partial charge in [0.2, 0.25) is 5.91 Å². The minimum absolute atomic E-state index is 0.0468. The Balaban J connectivity index is 3.01. The molecular weight excluding hydrogens is 293 g/mol. The Bertz CT molecular complexity index is 546. The number of rotatable bonds is 5. The summed E-state index contributed by atoms with van der Waals surface area (Å²) in [6.07, 6.45) is -5.33. The van der Waals surface area contributed by atoms with Gasteiger partial charge < -0.3 is 10.1 Å². The highest BCUT2D eigenvalue weighted by molar-refractivity contribution is 5.91. The number of halogens is 3. The minimum atomic E-state index is -4.89. The number of benzene rings is 1. The lowest BCUT2D eigenvalue weighted by Crippen LogP contribution is -2.19. The number of nitrogens with zero attached hydrogens (tertiary/aromatic N) is 1. The monoisotopic (exact) mass is 306 g/mol. The van der Waals surface area contributed by atoms with Crippen LogP contribution in [0.5, 0.6) is 0 Å². The number of nitro groups is 1. The fourth-order valence-electron chi connectivity index (χ4n) is 1.56. The van der Waals surface area contributed by atoms with E-state index in [1.165, 1.54) is 7.11 Å². The van der Waals surface area contributed by atoms with Crippen LogP contribution < -0.4 is 5.32 Å².